The van der Waals surface area contributed by atoms with Gasteiger partial charge in [-0.3, -0.25) is 5.10 Å². The van der Waals surface area contributed by atoms with Crippen LogP contribution < -0.4 is 5.32 Å². The van der Waals surface area contributed by atoms with E-state index < -0.39 is 0 Å². The van der Waals surface area contributed by atoms with Gasteiger partial charge in [-0.05, 0) is 44.9 Å². The zero-order valence-electron chi connectivity index (χ0n) is 12.7. The summed E-state index contributed by atoms with van der Waals surface area (Å²) in [5.41, 5.74) is 3.84. The second kappa shape index (κ2) is 6.01. The molecule has 1 atom stereocenters. The molecule has 2 aromatic rings. The molecule has 0 radical (unpaired) electrons. The van der Waals surface area contributed by atoms with Crippen molar-refractivity contribution >= 4 is 23.3 Å². The zero-order chi connectivity index (χ0) is 15.7. The van der Waals surface area contributed by atoms with Crippen LogP contribution in [0.25, 0.3) is 0 Å². The minimum Gasteiger partial charge on any atom is -0.317 e. The number of likely N-dealkylation sites (tertiary alicyclic amines) is 1. The number of amides is 2. The maximum atomic E-state index is 12.6. The van der Waals surface area contributed by atoms with Crippen LogP contribution in [0.4, 0.5) is 10.5 Å². The van der Waals surface area contributed by atoms with Gasteiger partial charge in [0.25, 0.3) is 0 Å². The molecule has 1 aliphatic heterocycles. The normalized spacial score (nSPS) is 17.8. The van der Waals surface area contributed by atoms with Gasteiger partial charge < -0.3 is 10.2 Å². The zero-order valence-corrected chi connectivity index (χ0v) is 13.4. The average Bonchev–Trinajstić information content (AvgIpc) is 3.05. The second-order valence-electron chi connectivity index (χ2n) is 5.64. The number of benzene rings is 1. The summed E-state index contributed by atoms with van der Waals surface area (Å²) in [5, 5.41) is 10.8. The van der Waals surface area contributed by atoms with Crippen LogP contribution >= 0.6 is 11.6 Å². The lowest BCUT2D eigenvalue weighted by atomic mass is 10.0. The van der Waals surface area contributed by atoms with Crippen LogP contribution in [0, 0.1) is 13.8 Å². The van der Waals surface area contributed by atoms with Gasteiger partial charge in [0.1, 0.15) is 0 Å². The van der Waals surface area contributed by atoms with Crippen LogP contribution in [-0.2, 0) is 0 Å². The van der Waals surface area contributed by atoms with Crippen molar-refractivity contribution in [3.05, 3.63) is 46.2 Å². The van der Waals surface area contributed by atoms with E-state index in [0.717, 1.165) is 36.3 Å². The van der Waals surface area contributed by atoms with E-state index >= 15 is 0 Å². The van der Waals surface area contributed by atoms with E-state index in [9.17, 15) is 4.79 Å². The van der Waals surface area contributed by atoms with Gasteiger partial charge in [-0.1, -0.05) is 17.7 Å². The van der Waals surface area contributed by atoms with E-state index in [2.05, 4.69) is 15.5 Å². The first-order chi connectivity index (χ1) is 10.6. The molecule has 0 aliphatic carbocycles. The molecule has 5 nitrogen and oxygen atoms in total. The van der Waals surface area contributed by atoms with Crippen LogP contribution in [0.15, 0.2) is 24.3 Å². The van der Waals surface area contributed by atoms with E-state index in [1.807, 2.05) is 30.9 Å². The average molecular weight is 319 g/mol. The Hall–Kier alpha value is -2.01. The molecule has 1 aromatic heterocycles. The fourth-order valence-corrected chi connectivity index (χ4v) is 3.31. The van der Waals surface area contributed by atoms with Crippen molar-refractivity contribution in [1.82, 2.24) is 15.1 Å². The molecule has 2 heterocycles. The molecule has 22 heavy (non-hydrogen) atoms. The molecule has 1 unspecified atom stereocenters. The highest BCUT2D eigenvalue weighted by Gasteiger charge is 2.33. The number of nitrogens with zero attached hydrogens (tertiary/aromatic N) is 2. The molecule has 0 bridgehead atoms. The number of H-pyrrole nitrogens is 1. The lowest BCUT2D eigenvalue weighted by Crippen LogP contribution is -2.34. The maximum absolute atomic E-state index is 12.6. The molecule has 2 amide bonds. The number of aromatic amines is 1. The summed E-state index contributed by atoms with van der Waals surface area (Å²) in [7, 11) is 0. The van der Waals surface area contributed by atoms with E-state index in [1.165, 1.54) is 0 Å². The molecular formula is C16H19ClN4O. The summed E-state index contributed by atoms with van der Waals surface area (Å²) in [4.78, 5) is 14.5. The lowest BCUT2D eigenvalue weighted by Gasteiger charge is -2.25. The fraction of sp³-hybridized carbons (Fsp3) is 0.375. The first-order valence-corrected chi connectivity index (χ1v) is 7.78. The van der Waals surface area contributed by atoms with Gasteiger partial charge in [-0.2, -0.15) is 5.10 Å². The molecule has 2 N–H and O–H groups in total. The predicted octanol–water partition coefficient (Wildman–Crippen LogP) is 4.05. The number of carbonyl (C=O) groups excluding carboxylic acids is 1. The molecule has 1 saturated heterocycles. The Morgan fingerprint density at radius 2 is 2.27 bits per heavy atom. The first kappa shape index (κ1) is 14.9. The maximum Gasteiger partial charge on any atom is 0.322 e. The Balaban J connectivity index is 1.80. The minimum absolute atomic E-state index is 0.0814. The summed E-state index contributed by atoms with van der Waals surface area (Å²) in [6.45, 7) is 4.73. The second-order valence-corrected chi connectivity index (χ2v) is 6.08. The van der Waals surface area contributed by atoms with Gasteiger partial charge in [0.2, 0.25) is 0 Å². The van der Waals surface area contributed by atoms with Crippen molar-refractivity contribution in [2.75, 3.05) is 11.9 Å². The third-order valence-electron chi connectivity index (χ3n) is 4.11. The number of rotatable bonds is 2. The Labute approximate surface area is 134 Å². The number of halogens is 1. The third kappa shape index (κ3) is 2.81. The highest BCUT2D eigenvalue weighted by molar-refractivity contribution is 6.30. The summed E-state index contributed by atoms with van der Waals surface area (Å²) in [6.07, 6.45) is 1.96. The fourth-order valence-electron chi connectivity index (χ4n) is 3.12. The van der Waals surface area contributed by atoms with E-state index in [1.54, 1.807) is 12.1 Å². The number of carbonyl (C=O) groups is 1. The SMILES string of the molecule is Cc1n[nH]c(C)c1C1CCCN1C(=O)Nc1cccc(Cl)c1. The standard InChI is InChI=1S/C16H19ClN4O/c1-10-15(11(2)20-19-10)14-7-4-8-21(14)16(22)18-13-6-3-5-12(17)9-13/h3,5-6,9,14H,4,7-8H2,1-2H3,(H,18,22)(H,19,20). The highest BCUT2D eigenvalue weighted by Crippen LogP contribution is 2.35. The van der Waals surface area contributed by atoms with Gasteiger partial charge in [0, 0.05) is 28.5 Å². The molecule has 6 heteroatoms. The molecule has 0 saturated carbocycles. The molecular weight excluding hydrogens is 300 g/mol. The topological polar surface area (TPSA) is 61.0 Å². The molecule has 1 aliphatic rings. The Morgan fingerprint density at radius 3 is 2.95 bits per heavy atom. The summed E-state index contributed by atoms with van der Waals surface area (Å²) < 4.78 is 0. The van der Waals surface area contributed by atoms with Gasteiger partial charge in [-0.25, -0.2) is 4.79 Å². The van der Waals surface area contributed by atoms with Crippen molar-refractivity contribution < 1.29 is 4.79 Å². The van der Waals surface area contributed by atoms with Crippen LogP contribution in [-0.4, -0.2) is 27.7 Å². The minimum atomic E-state index is -0.0928. The van der Waals surface area contributed by atoms with Gasteiger partial charge in [-0.15, -0.1) is 0 Å². The number of aromatic nitrogens is 2. The highest BCUT2D eigenvalue weighted by atomic mass is 35.5. The Kier molecular flexibility index (Phi) is 4.07. The van der Waals surface area contributed by atoms with Crippen molar-refractivity contribution in [3.63, 3.8) is 0 Å². The van der Waals surface area contributed by atoms with E-state index in [-0.39, 0.29) is 12.1 Å². The number of nitrogens with one attached hydrogen (secondary N) is 2. The monoisotopic (exact) mass is 318 g/mol. The molecule has 0 spiro atoms. The van der Waals surface area contributed by atoms with Gasteiger partial charge in [0.05, 0.1) is 11.7 Å². The van der Waals surface area contributed by atoms with Crippen molar-refractivity contribution in [2.24, 2.45) is 0 Å². The first-order valence-electron chi connectivity index (χ1n) is 7.41. The Morgan fingerprint density at radius 1 is 1.45 bits per heavy atom. The quantitative estimate of drug-likeness (QED) is 0.877. The summed E-state index contributed by atoms with van der Waals surface area (Å²) in [6, 6.07) is 7.18. The van der Waals surface area contributed by atoms with Crippen LogP contribution in [0.3, 0.4) is 0 Å². The summed E-state index contributed by atoms with van der Waals surface area (Å²) in [5.74, 6) is 0. The Bertz CT molecular complexity index is 678. The van der Waals surface area contributed by atoms with Crippen molar-refractivity contribution in [3.8, 4) is 0 Å². The smallest absolute Gasteiger partial charge is 0.317 e. The van der Waals surface area contributed by atoms with Gasteiger partial charge in [0.15, 0.2) is 0 Å². The van der Waals surface area contributed by atoms with Crippen LogP contribution in [0.1, 0.15) is 35.8 Å². The molecule has 1 aromatic carbocycles. The molecule has 1 fully saturated rings. The van der Waals surface area contributed by atoms with E-state index in [4.69, 9.17) is 11.6 Å². The lowest BCUT2D eigenvalue weighted by molar-refractivity contribution is 0.207. The van der Waals surface area contributed by atoms with Crippen LogP contribution in [0.5, 0.6) is 0 Å². The number of hydrogen-bond acceptors (Lipinski definition) is 2. The van der Waals surface area contributed by atoms with Crippen LogP contribution in [0.2, 0.25) is 5.02 Å². The van der Waals surface area contributed by atoms with Gasteiger partial charge >= 0.3 is 6.03 Å². The number of aryl methyl sites for hydroxylation is 2. The molecule has 3 rings (SSSR count). The summed E-state index contributed by atoms with van der Waals surface area (Å²) >= 11 is 5.96. The third-order valence-corrected chi connectivity index (χ3v) is 4.34. The number of urea groups is 1. The number of hydrogen-bond donors (Lipinski definition) is 2. The molecule has 116 valence electrons. The predicted molar refractivity (Wildman–Crippen MR) is 87.2 cm³/mol. The largest absolute Gasteiger partial charge is 0.322 e. The van der Waals surface area contributed by atoms with E-state index in [0.29, 0.717) is 10.7 Å². The van der Waals surface area contributed by atoms with Crippen molar-refractivity contribution in [1.29, 1.82) is 0 Å². The van der Waals surface area contributed by atoms with Crippen molar-refractivity contribution in [2.45, 2.75) is 32.7 Å². The number of anilines is 1.